The zero-order valence-electron chi connectivity index (χ0n) is 17.4. The van der Waals surface area contributed by atoms with E-state index in [0.717, 1.165) is 24.6 Å². The SMILES string of the molecule is CCN(CC(=O)Nc1ccccc1C(F)(F)F)C(=O)c1cc(C2CC2)nc2ccccc12. The highest BCUT2D eigenvalue weighted by Crippen LogP contribution is 2.40. The number of fused-ring (bicyclic) bond motifs is 1. The van der Waals surface area contributed by atoms with Crippen molar-refractivity contribution in [2.75, 3.05) is 18.4 Å². The van der Waals surface area contributed by atoms with Crippen molar-refractivity contribution < 1.29 is 22.8 Å². The second-order valence-electron chi connectivity index (χ2n) is 7.80. The minimum Gasteiger partial charge on any atom is -0.330 e. The molecule has 8 heteroatoms. The fourth-order valence-electron chi connectivity index (χ4n) is 3.66. The maximum atomic E-state index is 13.3. The monoisotopic (exact) mass is 441 g/mol. The van der Waals surface area contributed by atoms with Crippen LogP contribution in [0.5, 0.6) is 0 Å². The van der Waals surface area contributed by atoms with Crippen molar-refractivity contribution in [3.63, 3.8) is 0 Å². The number of pyridine rings is 1. The van der Waals surface area contributed by atoms with Crippen molar-refractivity contribution in [1.29, 1.82) is 0 Å². The van der Waals surface area contributed by atoms with E-state index in [-0.39, 0.29) is 24.7 Å². The van der Waals surface area contributed by atoms with E-state index in [1.54, 1.807) is 19.1 Å². The average molecular weight is 441 g/mol. The summed E-state index contributed by atoms with van der Waals surface area (Å²) in [5.41, 5.74) is 0.741. The molecule has 0 bridgehead atoms. The van der Waals surface area contributed by atoms with Gasteiger partial charge < -0.3 is 10.2 Å². The van der Waals surface area contributed by atoms with E-state index in [2.05, 4.69) is 10.3 Å². The highest BCUT2D eigenvalue weighted by Gasteiger charge is 2.34. The second kappa shape index (κ2) is 8.61. The van der Waals surface area contributed by atoms with Crippen LogP contribution in [0.3, 0.4) is 0 Å². The highest BCUT2D eigenvalue weighted by atomic mass is 19.4. The van der Waals surface area contributed by atoms with Crippen molar-refractivity contribution in [3.8, 4) is 0 Å². The first-order chi connectivity index (χ1) is 15.3. The van der Waals surface area contributed by atoms with Gasteiger partial charge in [0.2, 0.25) is 5.91 Å². The molecule has 0 unspecified atom stereocenters. The summed E-state index contributed by atoms with van der Waals surface area (Å²) in [7, 11) is 0. The van der Waals surface area contributed by atoms with Crippen molar-refractivity contribution in [2.45, 2.75) is 31.9 Å². The van der Waals surface area contributed by atoms with Crippen molar-refractivity contribution >= 4 is 28.4 Å². The van der Waals surface area contributed by atoms with Crippen LogP contribution in [-0.4, -0.2) is 34.8 Å². The molecule has 0 radical (unpaired) electrons. The molecule has 1 aromatic heterocycles. The third-order valence-electron chi connectivity index (χ3n) is 5.47. The maximum Gasteiger partial charge on any atom is 0.418 e. The van der Waals surface area contributed by atoms with Crippen molar-refractivity contribution in [2.24, 2.45) is 0 Å². The molecular weight excluding hydrogens is 419 g/mol. The third kappa shape index (κ3) is 4.59. The van der Waals surface area contributed by atoms with Crippen LogP contribution in [-0.2, 0) is 11.0 Å². The first-order valence-corrected chi connectivity index (χ1v) is 10.4. The molecule has 4 rings (SSSR count). The molecule has 1 aliphatic rings. The third-order valence-corrected chi connectivity index (χ3v) is 5.47. The summed E-state index contributed by atoms with van der Waals surface area (Å²) < 4.78 is 39.6. The van der Waals surface area contributed by atoms with E-state index in [4.69, 9.17) is 0 Å². The fraction of sp³-hybridized carbons (Fsp3) is 0.292. The standard InChI is InChI=1S/C24H22F3N3O2/c1-2-30(14-22(31)29-20-10-6-4-8-18(20)24(25,26)27)23(32)17-13-21(15-11-12-15)28-19-9-5-3-7-16(17)19/h3-10,13,15H,2,11-12,14H2,1H3,(H,29,31). The largest absolute Gasteiger partial charge is 0.418 e. The van der Waals surface area contributed by atoms with Crippen LogP contribution in [0.4, 0.5) is 18.9 Å². The number of amides is 2. The van der Waals surface area contributed by atoms with Gasteiger partial charge in [0.05, 0.1) is 22.3 Å². The van der Waals surface area contributed by atoms with Gasteiger partial charge >= 0.3 is 6.18 Å². The quantitative estimate of drug-likeness (QED) is 0.570. The van der Waals surface area contributed by atoms with Gasteiger partial charge in [0.15, 0.2) is 0 Å². The lowest BCUT2D eigenvalue weighted by Crippen LogP contribution is -2.38. The van der Waals surface area contributed by atoms with Crippen LogP contribution in [0.1, 0.15) is 47.3 Å². The highest BCUT2D eigenvalue weighted by molar-refractivity contribution is 6.07. The van der Waals surface area contributed by atoms with E-state index >= 15 is 0 Å². The van der Waals surface area contributed by atoms with E-state index in [0.29, 0.717) is 22.4 Å². The number of carbonyl (C=O) groups excluding carboxylic acids is 2. The average Bonchev–Trinajstić information content (AvgIpc) is 3.61. The number of hydrogen-bond acceptors (Lipinski definition) is 3. The van der Waals surface area contributed by atoms with Gasteiger partial charge in [-0.1, -0.05) is 30.3 Å². The summed E-state index contributed by atoms with van der Waals surface area (Å²) in [6.07, 6.45) is -2.55. The minimum atomic E-state index is -4.60. The van der Waals surface area contributed by atoms with E-state index in [1.165, 1.54) is 23.1 Å². The van der Waals surface area contributed by atoms with Crippen LogP contribution in [0.15, 0.2) is 54.6 Å². The normalized spacial score (nSPS) is 13.8. The van der Waals surface area contributed by atoms with Crippen LogP contribution in [0.25, 0.3) is 10.9 Å². The maximum absolute atomic E-state index is 13.3. The summed E-state index contributed by atoms with van der Waals surface area (Å²) in [4.78, 5) is 31.9. The lowest BCUT2D eigenvalue weighted by Gasteiger charge is -2.22. The van der Waals surface area contributed by atoms with Gasteiger partial charge in [-0.2, -0.15) is 13.2 Å². The Kier molecular flexibility index (Phi) is 5.86. The van der Waals surface area contributed by atoms with Gasteiger partial charge in [-0.05, 0) is 44.0 Å². The van der Waals surface area contributed by atoms with E-state index in [9.17, 15) is 22.8 Å². The van der Waals surface area contributed by atoms with Gasteiger partial charge in [-0.25, -0.2) is 0 Å². The van der Waals surface area contributed by atoms with Crippen LogP contribution >= 0.6 is 0 Å². The summed E-state index contributed by atoms with van der Waals surface area (Å²) in [5, 5.41) is 2.98. The molecule has 0 spiro atoms. The molecule has 2 amide bonds. The van der Waals surface area contributed by atoms with E-state index in [1.807, 2.05) is 18.2 Å². The smallest absolute Gasteiger partial charge is 0.330 e. The van der Waals surface area contributed by atoms with Crippen molar-refractivity contribution in [1.82, 2.24) is 9.88 Å². The lowest BCUT2D eigenvalue weighted by atomic mass is 10.0. The number of carbonyl (C=O) groups is 2. The number of nitrogens with zero attached hydrogens (tertiary/aromatic N) is 2. The Morgan fingerprint density at radius 3 is 2.47 bits per heavy atom. The molecular formula is C24H22F3N3O2. The molecule has 1 N–H and O–H groups in total. The molecule has 3 aromatic rings. The second-order valence-corrected chi connectivity index (χ2v) is 7.80. The number of hydrogen-bond donors (Lipinski definition) is 1. The zero-order chi connectivity index (χ0) is 22.9. The van der Waals surface area contributed by atoms with Gasteiger partial charge in [0.25, 0.3) is 5.91 Å². The summed E-state index contributed by atoms with van der Waals surface area (Å²) >= 11 is 0. The molecule has 166 valence electrons. The molecule has 0 aliphatic heterocycles. The predicted molar refractivity (Wildman–Crippen MR) is 115 cm³/mol. The van der Waals surface area contributed by atoms with Crippen molar-refractivity contribution in [3.05, 3.63) is 71.4 Å². The Labute approximate surface area is 183 Å². The molecule has 5 nitrogen and oxygen atoms in total. The van der Waals surface area contributed by atoms with Gasteiger partial charge in [-0.15, -0.1) is 0 Å². The topological polar surface area (TPSA) is 62.3 Å². The number of rotatable bonds is 6. The fourth-order valence-corrected chi connectivity index (χ4v) is 3.66. The number of nitrogens with one attached hydrogen (secondary N) is 1. The Bertz CT molecular complexity index is 1170. The summed E-state index contributed by atoms with van der Waals surface area (Å²) in [5.74, 6) is -0.715. The Hall–Kier alpha value is -3.42. The van der Waals surface area contributed by atoms with Gasteiger partial charge in [0.1, 0.15) is 6.54 Å². The first kappa shape index (κ1) is 21.8. The molecule has 0 atom stereocenters. The molecule has 32 heavy (non-hydrogen) atoms. The molecule has 1 aliphatic carbocycles. The number of aromatic nitrogens is 1. The zero-order valence-corrected chi connectivity index (χ0v) is 17.4. The number of halogens is 3. The first-order valence-electron chi connectivity index (χ1n) is 10.4. The lowest BCUT2D eigenvalue weighted by molar-refractivity contribution is -0.137. The number of para-hydroxylation sites is 2. The molecule has 1 heterocycles. The number of likely N-dealkylation sites (N-methyl/N-ethyl adjacent to an activating group) is 1. The summed E-state index contributed by atoms with van der Waals surface area (Å²) in [6.45, 7) is 1.58. The molecule has 1 saturated carbocycles. The predicted octanol–water partition coefficient (Wildman–Crippen LogP) is 5.23. The van der Waals surface area contributed by atoms with Crippen LogP contribution in [0, 0.1) is 0 Å². The number of benzene rings is 2. The Morgan fingerprint density at radius 2 is 1.78 bits per heavy atom. The minimum absolute atomic E-state index is 0.225. The molecule has 1 fully saturated rings. The van der Waals surface area contributed by atoms with Crippen LogP contribution in [0.2, 0.25) is 0 Å². The number of alkyl halides is 3. The Morgan fingerprint density at radius 1 is 1.09 bits per heavy atom. The summed E-state index contributed by atoms with van der Waals surface area (Å²) in [6, 6.07) is 13.9. The van der Waals surface area contributed by atoms with E-state index < -0.39 is 17.6 Å². The van der Waals surface area contributed by atoms with Gasteiger partial charge in [0, 0.05) is 23.5 Å². The van der Waals surface area contributed by atoms with Crippen LogP contribution < -0.4 is 5.32 Å². The van der Waals surface area contributed by atoms with Gasteiger partial charge in [-0.3, -0.25) is 14.6 Å². The number of anilines is 1. The molecule has 0 saturated heterocycles. The Balaban J connectivity index is 1.58. The molecule has 2 aromatic carbocycles.